The Bertz CT molecular complexity index is 1160. The Morgan fingerprint density at radius 1 is 1.06 bits per heavy atom. The Morgan fingerprint density at radius 3 is 2.45 bits per heavy atom. The lowest BCUT2D eigenvalue weighted by molar-refractivity contribution is -0.140. The largest absolute Gasteiger partial charge is 0.493 e. The van der Waals surface area contributed by atoms with Gasteiger partial charge in [0, 0.05) is 27.4 Å². The highest BCUT2D eigenvalue weighted by molar-refractivity contribution is 8.00. The van der Waals surface area contributed by atoms with Gasteiger partial charge in [-0.2, -0.15) is 0 Å². The molecule has 3 aromatic rings. The van der Waals surface area contributed by atoms with E-state index in [2.05, 4.69) is 27.7 Å². The number of fused-ring (bicyclic) bond motifs is 1. The van der Waals surface area contributed by atoms with E-state index in [1.54, 1.807) is 14.2 Å². The number of terminal acetylenes is 1. The van der Waals surface area contributed by atoms with Crippen LogP contribution in [0.5, 0.6) is 11.5 Å². The van der Waals surface area contributed by atoms with Crippen LogP contribution in [0.15, 0.2) is 59.5 Å². The van der Waals surface area contributed by atoms with Gasteiger partial charge in [-0.15, -0.1) is 6.42 Å². The number of rotatable bonds is 10. The highest BCUT2D eigenvalue weighted by Gasteiger charge is 2.20. The molecule has 0 aromatic heterocycles. The van der Waals surface area contributed by atoms with Crippen LogP contribution in [0.4, 0.5) is 11.4 Å². The number of hydrogen-bond donors (Lipinski definition) is 1. The Kier molecular flexibility index (Phi) is 8.34. The van der Waals surface area contributed by atoms with Crippen LogP contribution in [0.1, 0.15) is 13.3 Å². The van der Waals surface area contributed by atoms with Crippen LogP contribution in [-0.2, 0) is 9.53 Å². The lowest BCUT2D eigenvalue weighted by Gasteiger charge is -2.30. The molecule has 1 unspecified atom stereocenters. The number of esters is 1. The molecule has 1 atom stereocenters. The second-order valence-corrected chi connectivity index (χ2v) is 8.24. The number of hydrogen-bond acceptors (Lipinski definition) is 7. The molecule has 0 aliphatic rings. The molecule has 0 fully saturated rings. The molecular formula is C26H28N2O4S. The van der Waals surface area contributed by atoms with Crippen LogP contribution in [0.2, 0.25) is 0 Å². The highest BCUT2D eigenvalue weighted by Crippen LogP contribution is 2.37. The maximum Gasteiger partial charge on any atom is 0.307 e. The molecule has 6 nitrogen and oxygen atoms in total. The molecule has 0 radical (unpaired) electrons. The monoisotopic (exact) mass is 464 g/mol. The van der Waals surface area contributed by atoms with Crippen LogP contribution in [0, 0.1) is 12.3 Å². The fraction of sp³-hybridized carbons (Fsp3) is 0.269. The summed E-state index contributed by atoms with van der Waals surface area (Å²) in [5.74, 6) is 3.81. The molecular weight excluding hydrogens is 436 g/mol. The third-order valence-electron chi connectivity index (χ3n) is 5.33. The van der Waals surface area contributed by atoms with Gasteiger partial charge in [-0.05, 0) is 49.2 Å². The number of methoxy groups -OCH3 is 3. The molecule has 7 heteroatoms. The zero-order valence-electron chi connectivity index (χ0n) is 19.3. The SMILES string of the molecule is C#CCN(c1ccc(NSc2ccc(OC)c(OC)c2)c2ccccc12)C(C)CC(=O)OC. The molecule has 0 aliphatic heterocycles. The summed E-state index contributed by atoms with van der Waals surface area (Å²) in [6.45, 7) is 2.36. The third-order valence-corrected chi connectivity index (χ3v) is 6.14. The van der Waals surface area contributed by atoms with Gasteiger partial charge >= 0.3 is 5.97 Å². The third kappa shape index (κ3) is 5.65. The average molecular weight is 465 g/mol. The van der Waals surface area contributed by atoms with E-state index >= 15 is 0 Å². The number of anilines is 2. The van der Waals surface area contributed by atoms with Gasteiger partial charge in [0.15, 0.2) is 11.5 Å². The zero-order valence-corrected chi connectivity index (χ0v) is 20.1. The van der Waals surface area contributed by atoms with Crippen molar-refractivity contribution in [1.29, 1.82) is 0 Å². The number of ether oxygens (including phenoxy) is 3. The minimum absolute atomic E-state index is 0.114. The van der Waals surface area contributed by atoms with E-state index in [0.717, 1.165) is 27.0 Å². The Labute approximate surface area is 199 Å². The molecule has 0 heterocycles. The Balaban J connectivity index is 1.91. The first-order valence-corrected chi connectivity index (χ1v) is 11.3. The summed E-state index contributed by atoms with van der Waals surface area (Å²) in [7, 11) is 4.63. The van der Waals surface area contributed by atoms with Crippen LogP contribution in [-0.4, -0.2) is 39.9 Å². The average Bonchev–Trinajstić information content (AvgIpc) is 2.85. The van der Waals surface area contributed by atoms with Gasteiger partial charge in [-0.25, -0.2) is 0 Å². The molecule has 0 spiro atoms. The van der Waals surface area contributed by atoms with Crippen molar-refractivity contribution >= 4 is 40.1 Å². The van der Waals surface area contributed by atoms with Gasteiger partial charge in [0.2, 0.25) is 0 Å². The van der Waals surface area contributed by atoms with Gasteiger partial charge in [0.1, 0.15) is 0 Å². The summed E-state index contributed by atoms with van der Waals surface area (Å²) in [5.41, 5.74) is 1.94. The quantitative estimate of drug-likeness (QED) is 0.246. The van der Waals surface area contributed by atoms with Gasteiger partial charge in [-0.3, -0.25) is 4.79 Å². The molecule has 0 bridgehead atoms. The van der Waals surface area contributed by atoms with Crippen LogP contribution >= 0.6 is 11.9 Å². The van der Waals surface area contributed by atoms with Crippen molar-refractivity contribution in [2.75, 3.05) is 37.5 Å². The minimum Gasteiger partial charge on any atom is -0.493 e. The fourth-order valence-electron chi connectivity index (χ4n) is 3.63. The first-order chi connectivity index (χ1) is 16.0. The van der Waals surface area contributed by atoms with Crippen molar-refractivity contribution in [2.24, 2.45) is 0 Å². The van der Waals surface area contributed by atoms with E-state index in [0.29, 0.717) is 18.0 Å². The van der Waals surface area contributed by atoms with E-state index < -0.39 is 0 Å². The molecule has 0 saturated carbocycles. The smallest absolute Gasteiger partial charge is 0.307 e. The Morgan fingerprint density at radius 2 is 1.79 bits per heavy atom. The first kappa shape index (κ1) is 24.1. The summed E-state index contributed by atoms with van der Waals surface area (Å²) >= 11 is 1.49. The van der Waals surface area contributed by atoms with Gasteiger partial charge < -0.3 is 23.8 Å². The summed E-state index contributed by atoms with van der Waals surface area (Å²) < 4.78 is 19.0. The van der Waals surface area contributed by atoms with Crippen LogP contribution in [0.25, 0.3) is 10.8 Å². The molecule has 3 aromatic carbocycles. The summed E-state index contributed by atoms with van der Waals surface area (Å²) in [6.07, 6.45) is 5.91. The first-order valence-electron chi connectivity index (χ1n) is 10.5. The van der Waals surface area contributed by atoms with Crippen molar-refractivity contribution in [3.05, 3.63) is 54.6 Å². The maximum absolute atomic E-state index is 11.9. The number of nitrogens with one attached hydrogen (secondary N) is 1. The number of carbonyl (C=O) groups excluding carboxylic acids is 1. The van der Waals surface area contributed by atoms with Crippen molar-refractivity contribution in [3.63, 3.8) is 0 Å². The molecule has 0 amide bonds. The van der Waals surface area contributed by atoms with E-state index in [4.69, 9.17) is 20.6 Å². The predicted octanol–water partition coefficient (Wildman–Crippen LogP) is 5.37. The maximum atomic E-state index is 11.9. The lowest BCUT2D eigenvalue weighted by atomic mass is 10.0. The molecule has 1 N–H and O–H groups in total. The predicted molar refractivity (Wildman–Crippen MR) is 135 cm³/mol. The Hall–Kier alpha value is -3.50. The highest BCUT2D eigenvalue weighted by atomic mass is 32.2. The van der Waals surface area contributed by atoms with Crippen LogP contribution < -0.4 is 19.1 Å². The molecule has 3 rings (SSSR count). The lowest BCUT2D eigenvalue weighted by Crippen LogP contribution is -2.35. The molecule has 0 saturated heterocycles. The van der Waals surface area contributed by atoms with E-state index in [1.165, 1.54) is 19.1 Å². The summed E-state index contributed by atoms with van der Waals surface area (Å²) in [5, 5.41) is 2.10. The minimum atomic E-state index is -0.265. The molecule has 0 aliphatic carbocycles. The van der Waals surface area contributed by atoms with Crippen LogP contribution in [0.3, 0.4) is 0 Å². The van der Waals surface area contributed by atoms with Crippen molar-refractivity contribution in [3.8, 4) is 23.8 Å². The summed E-state index contributed by atoms with van der Waals surface area (Å²) in [4.78, 5) is 14.9. The number of benzene rings is 3. The van der Waals surface area contributed by atoms with Gasteiger partial charge in [0.05, 0.1) is 40.0 Å². The molecule has 33 heavy (non-hydrogen) atoms. The normalized spacial score (nSPS) is 11.4. The zero-order chi connectivity index (χ0) is 23.8. The number of nitrogens with zero attached hydrogens (tertiary/aromatic N) is 1. The van der Waals surface area contributed by atoms with Crippen molar-refractivity contribution < 1.29 is 19.0 Å². The fourth-order valence-corrected chi connectivity index (χ4v) is 4.34. The van der Waals surface area contributed by atoms with Gasteiger partial charge in [0.25, 0.3) is 0 Å². The second-order valence-electron chi connectivity index (χ2n) is 7.36. The topological polar surface area (TPSA) is 60.0 Å². The number of carbonyl (C=O) groups is 1. The van der Waals surface area contributed by atoms with E-state index in [9.17, 15) is 4.79 Å². The molecule has 172 valence electrons. The van der Waals surface area contributed by atoms with Crippen molar-refractivity contribution in [1.82, 2.24) is 0 Å². The van der Waals surface area contributed by atoms with Gasteiger partial charge in [-0.1, -0.05) is 30.2 Å². The standard InChI is InChI=1S/C26H28N2O4S/c1-6-15-28(18(2)16-26(29)32-5)23-13-12-22(20-9-7-8-10-21(20)23)27-33-19-11-14-24(30-3)25(17-19)31-4/h1,7-14,17-18,27H,15-16H2,2-5H3. The summed E-state index contributed by atoms with van der Waals surface area (Å²) in [6, 6.07) is 17.8. The van der Waals surface area contributed by atoms with E-state index in [-0.39, 0.29) is 18.4 Å². The van der Waals surface area contributed by atoms with Crippen molar-refractivity contribution in [2.45, 2.75) is 24.3 Å². The van der Waals surface area contributed by atoms with E-state index in [1.807, 2.05) is 49.4 Å². The second kappa shape index (κ2) is 11.4.